The predicted molar refractivity (Wildman–Crippen MR) is 136 cm³/mol. The Balaban J connectivity index is 1.85. The van der Waals surface area contributed by atoms with Crippen LogP contribution in [0, 0.1) is 12.8 Å². The lowest BCUT2D eigenvalue weighted by Crippen LogP contribution is -2.53. The molecular weight excluding hydrogens is 460 g/mol. The van der Waals surface area contributed by atoms with E-state index in [4.69, 9.17) is 4.74 Å². The van der Waals surface area contributed by atoms with Gasteiger partial charge >= 0.3 is 5.97 Å². The number of hydrogen-bond donors (Lipinski definition) is 2. The van der Waals surface area contributed by atoms with Crippen molar-refractivity contribution in [2.45, 2.75) is 52.2 Å². The summed E-state index contributed by atoms with van der Waals surface area (Å²) in [6.45, 7) is 5.18. The Morgan fingerprint density at radius 1 is 0.972 bits per heavy atom. The standard InChI is InChI=1S/C27H32N4O5/c1-17(2)14-22(27(35)36-4)30-25(33)21(15-19-10-6-5-7-11-19)29-24(32)16-31-23-13-9-8-12-20(23)28-18(3)26(31)34/h5-13,17,21-22H,14-16H2,1-4H3,(H,29,32)(H,30,33)/t21-,22+/m0/s1. The van der Waals surface area contributed by atoms with Crippen LogP contribution in [0.1, 0.15) is 31.5 Å². The molecule has 0 radical (unpaired) electrons. The Morgan fingerprint density at radius 3 is 2.31 bits per heavy atom. The summed E-state index contributed by atoms with van der Waals surface area (Å²) in [5.41, 5.74) is 1.84. The van der Waals surface area contributed by atoms with E-state index in [9.17, 15) is 19.2 Å². The topological polar surface area (TPSA) is 119 Å². The highest BCUT2D eigenvalue weighted by molar-refractivity contribution is 5.91. The molecule has 0 fully saturated rings. The predicted octanol–water partition coefficient (Wildman–Crippen LogP) is 2.14. The summed E-state index contributed by atoms with van der Waals surface area (Å²) in [5, 5.41) is 5.49. The average molecular weight is 493 g/mol. The van der Waals surface area contributed by atoms with Crippen molar-refractivity contribution in [1.29, 1.82) is 0 Å². The van der Waals surface area contributed by atoms with E-state index in [1.165, 1.54) is 11.7 Å². The zero-order chi connectivity index (χ0) is 26.2. The van der Waals surface area contributed by atoms with Crippen LogP contribution in [0.3, 0.4) is 0 Å². The summed E-state index contributed by atoms with van der Waals surface area (Å²) >= 11 is 0. The summed E-state index contributed by atoms with van der Waals surface area (Å²) in [4.78, 5) is 55.7. The molecule has 36 heavy (non-hydrogen) atoms. The van der Waals surface area contributed by atoms with Crippen molar-refractivity contribution in [3.8, 4) is 0 Å². The normalized spacial score (nSPS) is 12.7. The van der Waals surface area contributed by atoms with Crippen molar-refractivity contribution < 1.29 is 19.1 Å². The van der Waals surface area contributed by atoms with Gasteiger partial charge in [0.25, 0.3) is 5.56 Å². The number of carbonyl (C=O) groups excluding carboxylic acids is 3. The van der Waals surface area contributed by atoms with E-state index in [-0.39, 0.29) is 30.1 Å². The molecule has 0 aliphatic rings. The Bertz CT molecular complexity index is 1290. The minimum Gasteiger partial charge on any atom is -0.467 e. The van der Waals surface area contributed by atoms with Gasteiger partial charge in [-0.05, 0) is 37.0 Å². The Labute approximate surface area is 209 Å². The zero-order valence-electron chi connectivity index (χ0n) is 21.0. The van der Waals surface area contributed by atoms with Gasteiger partial charge in [-0.1, -0.05) is 56.3 Å². The first-order valence-electron chi connectivity index (χ1n) is 11.9. The number of fused-ring (bicyclic) bond motifs is 1. The van der Waals surface area contributed by atoms with E-state index in [0.717, 1.165) is 5.56 Å². The first kappa shape index (κ1) is 26.6. The van der Waals surface area contributed by atoms with Crippen LogP contribution in [-0.2, 0) is 32.1 Å². The Kier molecular flexibility index (Phi) is 8.94. The smallest absolute Gasteiger partial charge is 0.328 e. The van der Waals surface area contributed by atoms with Crippen LogP contribution < -0.4 is 16.2 Å². The van der Waals surface area contributed by atoms with Gasteiger partial charge in [0.15, 0.2) is 0 Å². The number of benzene rings is 2. The van der Waals surface area contributed by atoms with E-state index < -0.39 is 29.9 Å². The quantitative estimate of drug-likeness (QED) is 0.419. The van der Waals surface area contributed by atoms with Gasteiger partial charge in [-0.2, -0.15) is 0 Å². The summed E-state index contributed by atoms with van der Waals surface area (Å²) in [6, 6.07) is 14.5. The molecule has 0 aliphatic heterocycles. The van der Waals surface area contributed by atoms with E-state index in [1.807, 2.05) is 44.2 Å². The molecule has 2 amide bonds. The zero-order valence-corrected chi connectivity index (χ0v) is 21.0. The van der Waals surface area contributed by atoms with Crippen LogP contribution in [0.25, 0.3) is 11.0 Å². The first-order chi connectivity index (χ1) is 17.2. The third-order valence-corrected chi connectivity index (χ3v) is 5.76. The van der Waals surface area contributed by atoms with E-state index in [0.29, 0.717) is 17.5 Å². The third-order valence-electron chi connectivity index (χ3n) is 5.76. The van der Waals surface area contributed by atoms with Gasteiger partial charge in [0.2, 0.25) is 11.8 Å². The fourth-order valence-electron chi connectivity index (χ4n) is 4.02. The number of methoxy groups -OCH3 is 1. The molecular formula is C27H32N4O5. The molecule has 0 spiro atoms. The number of para-hydroxylation sites is 2. The van der Waals surface area contributed by atoms with Crippen molar-refractivity contribution in [2.24, 2.45) is 5.92 Å². The fraction of sp³-hybridized carbons (Fsp3) is 0.370. The number of carbonyl (C=O) groups is 3. The average Bonchev–Trinajstić information content (AvgIpc) is 2.85. The van der Waals surface area contributed by atoms with Crippen LogP contribution in [0.2, 0.25) is 0 Å². The largest absolute Gasteiger partial charge is 0.467 e. The first-order valence-corrected chi connectivity index (χ1v) is 11.9. The molecule has 0 saturated heterocycles. The molecule has 3 aromatic rings. The highest BCUT2D eigenvalue weighted by atomic mass is 16.5. The molecule has 1 heterocycles. The second-order valence-corrected chi connectivity index (χ2v) is 9.10. The number of hydrogen-bond acceptors (Lipinski definition) is 6. The molecule has 9 heteroatoms. The molecule has 3 rings (SSSR count). The lowest BCUT2D eigenvalue weighted by Gasteiger charge is -2.23. The van der Waals surface area contributed by atoms with Gasteiger partial charge in [0.1, 0.15) is 24.3 Å². The molecule has 0 unspecified atom stereocenters. The summed E-state index contributed by atoms with van der Waals surface area (Å²) in [5.74, 6) is -1.44. The van der Waals surface area contributed by atoms with Gasteiger partial charge in [-0.15, -0.1) is 0 Å². The van der Waals surface area contributed by atoms with Crippen LogP contribution >= 0.6 is 0 Å². The van der Waals surface area contributed by atoms with Crippen LogP contribution in [-0.4, -0.2) is 46.5 Å². The monoisotopic (exact) mass is 492 g/mol. The van der Waals surface area contributed by atoms with Crippen molar-refractivity contribution in [2.75, 3.05) is 7.11 Å². The van der Waals surface area contributed by atoms with E-state index in [2.05, 4.69) is 15.6 Å². The number of nitrogens with zero attached hydrogens (tertiary/aromatic N) is 2. The van der Waals surface area contributed by atoms with E-state index >= 15 is 0 Å². The number of aryl methyl sites for hydroxylation is 1. The van der Waals surface area contributed by atoms with Gasteiger partial charge < -0.3 is 15.4 Å². The highest BCUT2D eigenvalue weighted by Crippen LogP contribution is 2.11. The number of rotatable bonds is 10. The maximum Gasteiger partial charge on any atom is 0.328 e. The van der Waals surface area contributed by atoms with Gasteiger partial charge in [0.05, 0.1) is 18.1 Å². The molecule has 190 valence electrons. The van der Waals surface area contributed by atoms with Crippen molar-refractivity contribution in [1.82, 2.24) is 20.2 Å². The van der Waals surface area contributed by atoms with Crippen molar-refractivity contribution >= 4 is 28.8 Å². The number of ether oxygens (including phenoxy) is 1. The minimum atomic E-state index is -0.968. The van der Waals surface area contributed by atoms with Crippen molar-refractivity contribution in [3.63, 3.8) is 0 Å². The number of amides is 2. The summed E-state index contributed by atoms with van der Waals surface area (Å²) < 4.78 is 6.20. The number of nitrogens with one attached hydrogen (secondary N) is 2. The van der Waals surface area contributed by atoms with Crippen LogP contribution in [0.5, 0.6) is 0 Å². The van der Waals surface area contributed by atoms with Gasteiger partial charge in [-0.3, -0.25) is 19.0 Å². The Hall–Kier alpha value is -4.01. The molecule has 0 aliphatic carbocycles. The third kappa shape index (κ3) is 6.78. The van der Waals surface area contributed by atoms with E-state index in [1.54, 1.807) is 31.2 Å². The Morgan fingerprint density at radius 2 is 1.64 bits per heavy atom. The second kappa shape index (κ2) is 12.1. The fourth-order valence-corrected chi connectivity index (χ4v) is 4.02. The second-order valence-electron chi connectivity index (χ2n) is 9.10. The van der Waals surface area contributed by atoms with Gasteiger partial charge in [0, 0.05) is 6.42 Å². The number of aromatic nitrogens is 2. The lowest BCUT2D eigenvalue weighted by atomic mass is 10.0. The van der Waals surface area contributed by atoms with Crippen molar-refractivity contribution in [3.05, 3.63) is 76.2 Å². The maximum absolute atomic E-state index is 13.3. The highest BCUT2D eigenvalue weighted by Gasteiger charge is 2.28. The molecule has 9 nitrogen and oxygen atoms in total. The molecule has 0 saturated carbocycles. The molecule has 2 atom stereocenters. The molecule has 0 bridgehead atoms. The minimum absolute atomic E-state index is 0.131. The van der Waals surface area contributed by atoms with Crippen LogP contribution in [0.4, 0.5) is 0 Å². The molecule has 1 aromatic heterocycles. The van der Waals surface area contributed by atoms with Crippen LogP contribution in [0.15, 0.2) is 59.4 Å². The lowest BCUT2D eigenvalue weighted by molar-refractivity contribution is -0.145. The maximum atomic E-state index is 13.3. The summed E-state index contributed by atoms with van der Waals surface area (Å²) in [6.07, 6.45) is 0.598. The molecule has 2 N–H and O–H groups in total. The summed E-state index contributed by atoms with van der Waals surface area (Å²) in [7, 11) is 1.27. The van der Waals surface area contributed by atoms with Gasteiger partial charge in [-0.25, -0.2) is 9.78 Å². The SMILES string of the molecule is COC(=O)[C@@H](CC(C)C)NC(=O)[C@H](Cc1ccccc1)NC(=O)Cn1c(=O)c(C)nc2ccccc21. The molecule has 2 aromatic carbocycles. The number of esters is 1.